The van der Waals surface area contributed by atoms with Crippen molar-refractivity contribution in [2.75, 3.05) is 18.8 Å². The summed E-state index contributed by atoms with van der Waals surface area (Å²) in [7, 11) is -8.52. The number of hydrogen-bond donors (Lipinski definition) is 5. The fourth-order valence-corrected chi connectivity index (χ4v) is 6.85. The summed E-state index contributed by atoms with van der Waals surface area (Å²) in [4.78, 5) is -0.977. The topological polar surface area (TPSA) is 215 Å². The monoisotopic (exact) mass is 475 g/mol. The molecule has 0 atom stereocenters. The van der Waals surface area contributed by atoms with Gasteiger partial charge in [0.15, 0.2) is 15.7 Å². The standard InChI is InChI=1S/C17H17N9O4S2/c18-16-11-2-1-8(5-12(11)21-22-16)10-3-4-13(31(27,28)9-6-20-7-9)15(32(19,29)30)14(10)17-23-25-26-24-17/h1-5,9,20H,6-7H2,(H3,18,21,22)(H2,19,29,30)(H,23,24,25,26). The van der Waals surface area contributed by atoms with Crippen LogP contribution in [0.4, 0.5) is 5.82 Å². The maximum atomic E-state index is 13.2. The molecule has 0 bridgehead atoms. The van der Waals surface area contributed by atoms with Gasteiger partial charge in [-0.05, 0) is 34.5 Å². The van der Waals surface area contributed by atoms with Crippen LogP contribution in [0.2, 0.25) is 0 Å². The highest BCUT2D eigenvalue weighted by molar-refractivity contribution is 7.94. The highest BCUT2D eigenvalue weighted by atomic mass is 32.2. The number of aromatic amines is 2. The van der Waals surface area contributed by atoms with Crippen LogP contribution in [0.15, 0.2) is 40.1 Å². The van der Waals surface area contributed by atoms with Crippen LogP contribution in [0.3, 0.4) is 0 Å². The third-order valence-corrected chi connectivity index (χ3v) is 8.65. The number of primary sulfonamides is 1. The second-order valence-corrected chi connectivity index (χ2v) is 11.0. The number of nitrogens with zero attached hydrogens (tertiary/aromatic N) is 4. The van der Waals surface area contributed by atoms with Crippen molar-refractivity contribution in [3.8, 4) is 22.5 Å². The predicted octanol–water partition coefficient (Wildman–Crippen LogP) is -0.615. The Balaban J connectivity index is 1.85. The van der Waals surface area contributed by atoms with E-state index in [1.165, 1.54) is 12.1 Å². The van der Waals surface area contributed by atoms with E-state index in [1.54, 1.807) is 18.2 Å². The first-order valence-corrected chi connectivity index (χ1v) is 12.4. The first-order valence-electron chi connectivity index (χ1n) is 9.30. The van der Waals surface area contributed by atoms with E-state index < -0.39 is 34.9 Å². The Hall–Kier alpha value is -3.40. The summed E-state index contributed by atoms with van der Waals surface area (Å²) < 4.78 is 51.8. The average Bonchev–Trinajstić information content (AvgIpc) is 3.34. The minimum atomic E-state index is -4.52. The zero-order valence-electron chi connectivity index (χ0n) is 16.3. The molecule has 0 amide bonds. The number of nitrogens with two attached hydrogens (primary N) is 2. The normalized spacial score (nSPS) is 15.2. The number of rotatable bonds is 5. The van der Waals surface area contributed by atoms with Gasteiger partial charge in [-0.2, -0.15) is 10.3 Å². The Bertz CT molecular complexity index is 1560. The van der Waals surface area contributed by atoms with Crippen molar-refractivity contribution in [2.45, 2.75) is 15.0 Å². The maximum Gasteiger partial charge on any atom is 0.240 e. The van der Waals surface area contributed by atoms with Crippen LogP contribution >= 0.6 is 0 Å². The molecular formula is C17H17N9O4S2. The molecule has 15 heteroatoms. The Morgan fingerprint density at radius 2 is 1.81 bits per heavy atom. The van der Waals surface area contributed by atoms with Crippen LogP contribution in [0.1, 0.15) is 0 Å². The molecule has 0 spiro atoms. The number of H-pyrrole nitrogens is 2. The lowest BCUT2D eigenvalue weighted by Crippen LogP contribution is -2.51. The number of benzene rings is 2. The van der Waals surface area contributed by atoms with Crippen LogP contribution in [0.5, 0.6) is 0 Å². The third-order valence-electron chi connectivity index (χ3n) is 5.37. The summed E-state index contributed by atoms with van der Waals surface area (Å²) in [6, 6.07) is 7.86. The van der Waals surface area contributed by atoms with Gasteiger partial charge in [0.2, 0.25) is 15.8 Å². The van der Waals surface area contributed by atoms with Crippen LogP contribution in [0.25, 0.3) is 33.4 Å². The molecule has 0 aliphatic carbocycles. The second-order valence-electron chi connectivity index (χ2n) is 7.29. The van der Waals surface area contributed by atoms with Crippen LogP contribution < -0.4 is 16.2 Å². The zero-order valence-corrected chi connectivity index (χ0v) is 17.9. The lowest BCUT2D eigenvalue weighted by atomic mass is 9.98. The summed E-state index contributed by atoms with van der Waals surface area (Å²) in [5.41, 5.74) is 7.25. The molecule has 0 unspecified atom stereocenters. The highest BCUT2D eigenvalue weighted by Crippen LogP contribution is 2.40. The lowest BCUT2D eigenvalue weighted by Gasteiger charge is -2.28. The highest BCUT2D eigenvalue weighted by Gasteiger charge is 2.38. The lowest BCUT2D eigenvalue weighted by molar-refractivity contribution is 0.493. The molecule has 1 saturated heterocycles. The van der Waals surface area contributed by atoms with E-state index in [1.807, 2.05) is 0 Å². The smallest absolute Gasteiger partial charge is 0.240 e. The summed E-state index contributed by atoms with van der Waals surface area (Å²) in [5.74, 6) is 0.197. The van der Waals surface area contributed by atoms with Crippen molar-refractivity contribution < 1.29 is 16.8 Å². The second kappa shape index (κ2) is 7.06. The molecule has 1 aliphatic heterocycles. The van der Waals surface area contributed by atoms with Gasteiger partial charge in [0.25, 0.3) is 0 Å². The number of anilines is 1. The molecule has 0 radical (unpaired) electrons. The molecule has 2 aromatic carbocycles. The van der Waals surface area contributed by atoms with Gasteiger partial charge in [0.1, 0.15) is 4.90 Å². The largest absolute Gasteiger partial charge is 0.382 e. The van der Waals surface area contributed by atoms with E-state index in [9.17, 15) is 16.8 Å². The fourth-order valence-electron chi connectivity index (χ4n) is 3.67. The number of tetrazole rings is 1. The Morgan fingerprint density at radius 1 is 1.03 bits per heavy atom. The van der Waals surface area contributed by atoms with Gasteiger partial charge in [-0.25, -0.2) is 22.0 Å². The number of nitrogens with one attached hydrogen (secondary N) is 3. The molecule has 1 aliphatic rings. The van der Waals surface area contributed by atoms with E-state index in [0.717, 1.165) is 0 Å². The molecule has 7 N–H and O–H groups in total. The van der Waals surface area contributed by atoms with Gasteiger partial charge >= 0.3 is 0 Å². The fraction of sp³-hybridized carbons (Fsp3) is 0.176. The SMILES string of the molecule is Nc1n[nH]c2cc(-c3ccc(S(=O)(=O)C4CNC4)c(S(N)(=O)=O)c3-c3nn[nH]n3)ccc12. The van der Waals surface area contributed by atoms with E-state index in [0.29, 0.717) is 27.8 Å². The van der Waals surface area contributed by atoms with Crippen molar-refractivity contribution in [3.05, 3.63) is 30.3 Å². The number of aromatic nitrogens is 6. The van der Waals surface area contributed by atoms with Crippen LogP contribution in [0, 0.1) is 0 Å². The van der Waals surface area contributed by atoms with Gasteiger partial charge in [-0.3, -0.25) is 5.10 Å². The molecule has 166 valence electrons. The number of nitrogen functional groups attached to an aromatic ring is 1. The maximum absolute atomic E-state index is 13.2. The van der Waals surface area contributed by atoms with Crippen molar-refractivity contribution >= 4 is 36.6 Å². The quantitative estimate of drug-likeness (QED) is 0.246. The van der Waals surface area contributed by atoms with Crippen LogP contribution in [-0.4, -0.2) is 66.0 Å². The molecule has 1 fully saturated rings. The van der Waals surface area contributed by atoms with Crippen LogP contribution in [-0.2, 0) is 19.9 Å². The number of fused-ring (bicyclic) bond motifs is 1. The molecule has 32 heavy (non-hydrogen) atoms. The van der Waals surface area contributed by atoms with E-state index in [2.05, 4.69) is 36.1 Å². The summed E-state index contributed by atoms with van der Waals surface area (Å²) in [6.45, 7) is 0.424. The molecule has 0 saturated carbocycles. The first kappa shape index (κ1) is 20.5. The van der Waals surface area contributed by atoms with Crippen molar-refractivity contribution in [1.29, 1.82) is 0 Å². The molecule has 2 aromatic heterocycles. The van der Waals surface area contributed by atoms with E-state index in [4.69, 9.17) is 10.9 Å². The molecular weight excluding hydrogens is 458 g/mol. The summed E-state index contributed by atoms with van der Waals surface area (Å²) in [6.07, 6.45) is 0. The minimum absolute atomic E-state index is 0.0681. The van der Waals surface area contributed by atoms with Gasteiger partial charge in [-0.15, -0.1) is 10.2 Å². The summed E-state index contributed by atoms with van der Waals surface area (Å²) in [5, 5.41) is 28.6. The number of sulfone groups is 1. The van der Waals surface area contributed by atoms with E-state index >= 15 is 0 Å². The van der Waals surface area contributed by atoms with Gasteiger partial charge in [-0.1, -0.05) is 12.1 Å². The summed E-state index contributed by atoms with van der Waals surface area (Å²) >= 11 is 0. The van der Waals surface area contributed by atoms with Crippen molar-refractivity contribution in [2.24, 2.45) is 5.14 Å². The molecule has 3 heterocycles. The zero-order chi connectivity index (χ0) is 22.7. The van der Waals surface area contributed by atoms with Gasteiger partial charge < -0.3 is 11.1 Å². The predicted molar refractivity (Wildman–Crippen MR) is 114 cm³/mol. The Kier molecular flexibility index (Phi) is 4.52. The van der Waals surface area contributed by atoms with E-state index in [-0.39, 0.29) is 24.5 Å². The molecule has 13 nitrogen and oxygen atoms in total. The van der Waals surface area contributed by atoms with Crippen molar-refractivity contribution in [3.63, 3.8) is 0 Å². The van der Waals surface area contributed by atoms with Gasteiger partial charge in [0.05, 0.1) is 21.2 Å². The molecule has 5 rings (SSSR count). The third kappa shape index (κ3) is 3.13. The minimum Gasteiger partial charge on any atom is -0.382 e. The average molecular weight is 476 g/mol. The number of hydrogen-bond acceptors (Lipinski definition) is 10. The Labute approximate surface area is 181 Å². The Morgan fingerprint density at radius 3 is 2.44 bits per heavy atom. The molecule has 4 aromatic rings. The van der Waals surface area contributed by atoms with Crippen molar-refractivity contribution in [1.82, 2.24) is 36.1 Å². The van der Waals surface area contributed by atoms with Gasteiger partial charge in [0, 0.05) is 18.5 Å². The number of sulfonamides is 1. The first-order chi connectivity index (χ1) is 15.2.